The summed E-state index contributed by atoms with van der Waals surface area (Å²) >= 11 is 0. The Hall–Kier alpha value is -2.29. The van der Waals surface area contributed by atoms with E-state index in [4.69, 9.17) is 14.5 Å². The van der Waals surface area contributed by atoms with Gasteiger partial charge in [-0.25, -0.2) is 4.99 Å². The summed E-state index contributed by atoms with van der Waals surface area (Å²) < 4.78 is 10.7. The standard InChI is InChI=1S/C24H31N3O3.HI/c1-3-25-24(27-15-13-21(14-16-27)23(28)29-2)26-17-19-9-11-22(12-10-19)30-18-20-7-5-4-6-8-20;/h4-12,21H,3,13-18H2,1-2H3,(H,25,26);1H. The highest BCUT2D eigenvalue weighted by Crippen LogP contribution is 2.19. The highest BCUT2D eigenvalue weighted by atomic mass is 127. The molecule has 0 unspecified atom stereocenters. The van der Waals surface area contributed by atoms with Crippen molar-refractivity contribution in [2.75, 3.05) is 26.7 Å². The molecule has 0 bridgehead atoms. The van der Waals surface area contributed by atoms with E-state index in [9.17, 15) is 4.79 Å². The van der Waals surface area contributed by atoms with Gasteiger partial charge in [0.15, 0.2) is 5.96 Å². The van der Waals surface area contributed by atoms with Gasteiger partial charge in [0.1, 0.15) is 12.4 Å². The van der Waals surface area contributed by atoms with Crippen LogP contribution in [0.5, 0.6) is 5.75 Å². The lowest BCUT2D eigenvalue weighted by atomic mass is 9.97. The monoisotopic (exact) mass is 537 g/mol. The molecule has 6 nitrogen and oxygen atoms in total. The summed E-state index contributed by atoms with van der Waals surface area (Å²) in [4.78, 5) is 18.8. The molecule has 1 aliphatic heterocycles. The molecule has 0 aromatic heterocycles. The summed E-state index contributed by atoms with van der Waals surface area (Å²) in [7, 11) is 1.46. The zero-order chi connectivity index (χ0) is 21.2. The fourth-order valence-electron chi connectivity index (χ4n) is 3.52. The van der Waals surface area contributed by atoms with Crippen LogP contribution in [0.3, 0.4) is 0 Å². The van der Waals surface area contributed by atoms with Crippen molar-refractivity contribution in [3.8, 4) is 5.75 Å². The maximum absolute atomic E-state index is 11.7. The van der Waals surface area contributed by atoms with E-state index in [1.807, 2.05) is 30.3 Å². The first-order valence-corrected chi connectivity index (χ1v) is 10.6. The largest absolute Gasteiger partial charge is 0.489 e. The number of esters is 1. The number of rotatable bonds is 7. The Kier molecular flexibility index (Phi) is 10.6. The van der Waals surface area contributed by atoms with Crippen LogP contribution in [0, 0.1) is 5.92 Å². The molecule has 1 N–H and O–H groups in total. The number of likely N-dealkylation sites (tertiary alicyclic amines) is 1. The lowest BCUT2D eigenvalue weighted by Gasteiger charge is -2.33. The van der Waals surface area contributed by atoms with Crippen LogP contribution < -0.4 is 10.1 Å². The second kappa shape index (κ2) is 13.2. The first kappa shape index (κ1) is 25.0. The first-order valence-electron chi connectivity index (χ1n) is 10.6. The minimum atomic E-state index is -0.105. The van der Waals surface area contributed by atoms with Crippen molar-refractivity contribution in [3.63, 3.8) is 0 Å². The number of piperidine rings is 1. The molecule has 0 radical (unpaired) electrons. The number of carbonyl (C=O) groups is 1. The van der Waals surface area contributed by atoms with Gasteiger partial charge in [0.25, 0.3) is 0 Å². The number of hydrogen-bond acceptors (Lipinski definition) is 4. The summed E-state index contributed by atoms with van der Waals surface area (Å²) in [5, 5.41) is 3.37. The molecule has 3 rings (SSSR count). The van der Waals surface area contributed by atoms with Crippen molar-refractivity contribution in [2.45, 2.75) is 32.9 Å². The average Bonchev–Trinajstić information content (AvgIpc) is 2.81. The van der Waals surface area contributed by atoms with Crippen LogP contribution in [-0.2, 0) is 22.7 Å². The molecule has 0 atom stereocenters. The third-order valence-electron chi connectivity index (χ3n) is 5.25. The summed E-state index contributed by atoms with van der Waals surface area (Å²) in [6, 6.07) is 18.2. The van der Waals surface area contributed by atoms with Crippen LogP contribution in [0.1, 0.15) is 30.9 Å². The van der Waals surface area contributed by atoms with Crippen molar-refractivity contribution < 1.29 is 14.3 Å². The van der Waals surface area contributed by atoms with Crippen LogP contribution in [0.25, 0.3) is 0 Å². The number of aliphatic imine (C=N–C) groups is 1. The normalized spacial score (nSPS) is 14.5. The molecular weight excluding hydrogens is 505 g/mol. The Balaban J connectivity index is 0.00000341. The number of guanidine groups is 1. The second-order valence-corrected chi connectivity index (χ2v) is 7.37. The molecule has 31 heavy (non-hydrogen) atoms. The zero-order valence-electron chi connectivity index (χ0n) is 18.3. The molecule has 0 spiro atoms. The molecule has 1 aliphatic rings. The van der Waals surface area contributed by atoms with Crippen LogP contribution in [0.2, 0.25) is 0 Å². The summed E-state index contributed by atoms with van der Waals surface area (Å²) in [5.41, 5.74) is 2.28. The molecule has 0 aliphatic carbocycles. The van der Waals surface area contributed by atoms with Crippen molar-refractivity contribution in [1.82, 2.24) is 10.2 Å². The van der Waals surface area contributed by atoms with Crippen molar-refractivity contribution in [3.05, 3.63) is 65.7 Å². The fourth-order valence-corrected chi connectivity index (χ4v) is 3.52. The van der Waals surface area contributed by atoms with Crippen LogP contribution in [-0.4, -0.2) is 43.6 Å². The van der Waals surface area contributed by atoms with E-state index in [-0.39, 0.29) is 35.9 Å². The van der Waals surface area contributed by atoms with Gasteiger partial charge in [0, 0.05) is 19.6 Å². The first-order chi connectivity index (χ1) is 14.7. The van der Waals surface area contributed by atoms with Crippen LogP contribution in [0.15, 0.2) is 59.6 Å². The molecule has 1 heterocycles. The summed E-state index contributed by atoms with van der Waals surface area (Å²) in [6.45, 7) is 5.63. The number of halogens is 1. The van der Waals surface area contributed by atoms with E-state index in [1.54, 1.807) is 0 Å². The number of ether oxygens (including phenoxy) is 2. The van der Waals surface area contributed by atoms with Crippen LogP contribution in [0.4, 0.5) is 0 Å². The Morgan fingerprint density at radius 2 is 1.74 bits per heavy atom. The molecule has 0 saturated carbocycles. The molecule has 0 amide bonds. The predicted molar refractivity (Wildman–Crippen MR) is 134 cm³/mol. The van der Waals surface area contributed by atoms with Gasteiger partial charge in [-0.15, -0.1) is 24.0 Å². The number of hydrogen-bond donors (Lipinski definition) is 1. The van der Waals surface area contributed by atoms with Gasteiger partial charge in [0.2, 0.25) is 0 Å². The smallest absolute Gasteiger partial charge is 0.308 e. The highest BCUT2D eigenvalue weighted by Gasteiger charge is 2.26. The fraction of sp³-hybridized carbons (Fsp3) is 0.417. The van der Waals surface area contributed by atoms with E-state index in [1.165, 1.54) is 7.11 Å². The van der Waals surface area contributed by atoms with Gasteiger partial charge in [-0.05, 0) is 43.0 Å². The molecule has 2 aromatic rings. The molecule has 168 valence electrons. The zero-order valence-corrected chi connectivity index (χ0v) is 20.6. The van der Waals surface area contributed by atoms with Gasteiger partial charge in [-0.1, -0.05) is 42.5 Å². The molecule has 2 aromatic carbocycles. The number of nitrogens with zero attached hydrogens (tertiary/aromatic N) is 2. The minimum absolute atomic E-state index is 0. The minimum Gasteiger partial charge on any atom is -0.489 e. The van der Waals surface area contributed by atoms with Gasteiger partial charge in [0.05, 0.1) is 19.6 Å². The predicted octanol–water partition coefficient (Wildman–Crippen LogP) is 4.23. The number of benzene rings is 2. The van der Waals surface area contributed by atoms with Crippen molar-refractivity contribution in [2.24, 2.45) is 10.9 Å². The lowest BCUT2D eigenvalue weighted by Crippen LogP contribution is -2.46. The topological polar surface area (TPSA) is 63.2 Å². The lowest BCUT2D eigenvalue weighted by molar-refractivity contribution is -0.146. The van der Waals surface area contributed by atoms with Gasteiger partial charge < -0.3 is 19.7 Å². The van der Waals surface area contributed by atoms with E-state index in [2.05, 4.69) is 41.4 Å². The highest BCUT2D eigenvalue weighted by molar-refractivity contribution is 14.0. The number of methoxy groups -OCH3 is 1. The quantitative estimate of drug-likeness (QED) is 0.248. The van der Waals surface area contributed by atoms with E-state index in [0.29, 0.717) is 13.2 Å². The van der Waals surface area contributed by atoms with Crippen LogP contribution >= 0.6 is 24.0 Å². The van der Waals surface area contributed by atoms with Crippen molar-refractivity contribution in [1.29, 1.82) is 0 Å². The van der Waals surface area contributed by atoms with E-state index >= 15 is 0 Å². The van der Waals surface area contributed by atoms with Crippen molar-refractivity contribution >= 4 is 35.9 Å². The Labute approximate surface area is 202 Å². The molecule has 7 heteroatoms. The second-order valence-electron chi connectivity index (χ2n) is 7.37. The maximum atomic E-state index is 11.7. The Morgan fingerprint density at radius 3 is 2.35 bits per heavy atom. The maximum Gasteiger partial charge on any atom is 0.308 e. The Morgan fingerprint density at radius 1 is 1.06 bits per heavy atom. The SMILES string of the molecule is CCNC(=NCc1ccc(OCc2ccccc2)cc1)N1CCC(C(=O)OC)CC1.I. The number of nitrogens with one attached hydrogen (secondary N) is 1. The number of carbonyl (C=O) groups excluding carboxylic acids is 1. The Bertz CT molecular complexity index is 820. The average molecular weight is 537 g/mol. The third-order valence-corrected chi connectivity index (χ3v) is 5.25. The third kappa shape index (κ3) is 7.72. The van der Waals surface area contributed by atoms with Gasteiger partial charge in [-0.3, -0.25) is 4.79 Å². The van der Waals surface area contributed by atoms with Gasteiger partial charge >= 0.3 is 5.97 Å². The molecule has 1 fully saturated rings. The summed E-state index contributed by atoms with van der Waals surface area (Å²) in [6.07, 6.45) is 1.59. The van der Waals surface area contributed by atoms with Gasteiger partial charge in [-0.2, -0.15) is 0 Å². The molecule has 1 saturated heterocycles. The van der Waals surface area contributed by atoms with E-state index in [0.717, 1.165) is 55.3 Å². The summed E-state index contributed by atoms with van der Waals surface area (Å²) in [5.74, 6) is 1.64. The molecular formula is C24H32IN3O3. The van der Waals surface area contributed by atoms with E-state index < -0.39 is 0 Å².